The lowest BCUT2D eigenvalue weighted by Crippen LogP contribution is -2.42. The van der Waals surface area contributed by atoms with E-state index in [2.05, 4.69) is 5.32 Å². The monoisotopic (exact) mass is 347 g/mol. The number of nitrogens with one attached hydrogen (secondary N) is 1. The number of hydrogen-bond donors (Lipinski definition) is 4. The van der Waals surface area contributed by atoms with Gasteiger partial charge in [-0.3, -0.25) is 4.79 Å². The largest absolute Gasteiger partial charge is 0.480 e. The van der Waals surface area contributed by atoms with Gasteiger partial charge in [0.05, 0.1) is 10.6 Å². The Morgan fingerprint density at radius 2 is 1.83 bits per heavy atom. The van der Waals surface area contributed by atoms with Crippen LogP contribution in [0.4, 0.5) is 5.69 Å². The van der Waals surface area contributed by atoms with Gasteiger partial charge >= 0.3 is 5.97 Å². The second-order valence-electron chi connectivity index (χ2n) is 5.29. The summed E-state index contributed by atoms with van der Waals surface area (Å²) in [6.45, 7) is 0.124. The van der Waals surface area contributed by atoms with Gasteiger partial charge in [0.1, 0.15) is 6.04 Å². The number of aliphatic carboxylic acids is 1. The third-order valence-electron chi connectivity index (χ3n) is 3.57. The number of amides is 1. The predicted molar refractivity (Wildman–Crippen MR) is 92.8 cm³/mol. The molecule has 0 unspecified atom stereocenters. The summed E-state index contributed by atoms with van der Waals surface area (Å²) in [7, 11) is 0. The van der Waals surface area contributed by atoms with Gasteiger partial charge in [-0.05, 0) is 29.3 Å². The smallest absolute Gasteiger partial charge is 0.326 e. The fraction of sp³-hybridized carbons (Fsp3) is 0.176. The van der Waals surface area contributed by atoms with E-state index >= 15 is 0 Å². The molecule has 0 aliphatic carbocycles. The lowest BCUT2D eigenvalue weighted by atomic mass is 10.0. The number of halogens is 1. The molecule has 0 saturated carbocycles. The molecule has 0 aliphatic rings. The van der Waals surface area contributed by atoms with Crippen molar-refractivity contribution in [1.29, 1.82) is 0 Å². The molecule has 6 N–H and O–H groups in total. The van der Waals surface area contributed by atoms with E-state index in [4.69, 9.17) is 23.1 Å². The van der Waals surface area contributed by atoms with Crippen LogP contribution >= 0.6 is 11.6 Å². The topological polar surface area (TPSA) is 118 Å². The molecule has 0 bridgehead atoms. The van der Waals surface area contributed by atoms with Crippen molar-refractivity contribution in [3.63, 3.8) is 0 Å². The summed E-state index contributed by atoms with van der Waals surface area (Å²) >= 11 is 6.07. The molecular weight excluding hydrogens is 330 g/mol. The van der Waals surface area contributed by atoms with E-state index in [9.17, 15) is 14.7 Å². The van der Waals surface area contributed by atoms with Gasteiger partial charge in [-0.2, -0.15) is 0 Å². The highest BCUT2D eigenvalue weighted by Crippen LogP contribution is 2.20. The summed E-state index contributed by atoms with van der Waals surface area (Å²) in [4.78, 5) is 23.9. The minimum atomic E-state index is -1.14. The molecule has 2 aromatic carbocycles. The van der Waals surface area contributed by atoms with Gasteiger partial charge < -0.3 is 21.9 Å². The highest BCUT2D eigenvalue weighted by atomic mass is 35.5. The Labute approximate surface area is 144 Å². The fourth-order valence-electron chi connectivity index (χ4n) is 2.31. The van der Waals surface area contributed by atoms with Gasteiger partial charge in [-0.25, -0.2) is 4.79 Å². The van der Waals surface area contributed by atoms with Gasteiger partial charge in [0.2, 0.25) is 0 Å². The zero-order chi connectivity index (χ0) is 17.7. The number of hydrogen-bond acceptors (Lipinski definition) is 4. The van der Waals surface area contributed by atoms with Crippen molar-refractivity contribution in [2.24, 2.45) is 5.73 Å². The van der Waals surface area contributed by atoms with E-state index in [0.717, 1.165) is 5.56 Å². The van der Waals surface area contributed by atoms with Gasteiger partial charge in [-0.1, -0.05) is 35.9 Å². The maximum Gasteiger partial charge on any atom is 0.326 e. The number of carbonyl (C=O) groups is 2. The molecule has 6 nitrogen and oxygen atoms in total. The Morgan fingerprint density at radius 3 is 2.42 bits per heavy atom. The molecule has 24 heavy (non-hydrogen) atoms. The molecule has 0 radical (unpaired) electrons. The van der Waals surface area contributed by atoms with Gasteiger partial charge in [0.15, 0.2) is 0 Å². The van der Waals surface area contributed by atoms with Crippen LogP contribution in [0.5, 0.6) is 0 Å². The molecule has 0 saturated heterocycles. The van der Waals surface area contributed by atoms with E-state index in [-0.39, 0.29) is 23.6 Å². The van der Waals surface area contributed by atoms with Crippen LogP contribution in [-0.2, 0) is 17.8 Å². The van der Waals surface area contributed by atoms with Crippen molar-refractivity contribution in [2.45, 2.75) is 19.0 Å². The molecule has 1 amide bonds. The van der Waals surface area contributed by atoms with Crippen LogP contribution in [0, 0.1) is 0 Å². The Morgan fingerprint density at radius 1 is 1.17 bits per heavy atom. The first-order valence-corrected chi connectivity index (χ1v) is 7.65. The van der Waals surface area contributed by atoms with Crippen molar-refractivity contribution in [3.05, 3.63) is 64.2 Å². The molecule has 7 heteroatoms. The van der Waals surface area contributed by atoms with Gasteiger partial charge in [0, 0.05) is 18.7 Å². The van der Waals surface area contributed by atoms with Crippen LogP contribution in [0.25, 0.3) is 0 Å². The SMILES string of the molecule is NCc1cccc(Cl)c1C(=O)N[C@@H](Cc1ccc(N)cc1)C(=O)O. The molecule has 126 valence electrons. The predicted octanol–water partition coefficient (Wildman–Crippen LogP) is 1.81. The van der Waals surface area contributed by atoms with Crippen molar-refractivity contribution in [3.8, 4) is 0 Å². The molecule has 2 aromatic rings. The van der Waals surface area contributed by atoms with Crippen LogP contribution in [0.1, 0.15) is 21.5 Å². The van der Waals surface area contributed by atoms with Gasteiger partial charge in [-0.15, -0.1) is 0 Å². The average molecular weight is 348 g/mol. The van der Waals surface area contributed by atoms with Crippen LogP contribution in [-0.4, -0.2) is 23.0 Å². The van der Waals surface area contributed by atoms with Crippen LogP contribution < -0.4 is 16.8 Å². The number of carboxylic acids is 1. The second-order valence-corrected chi connectivity index (χ2v) is 5.70. The molecule has 0 aromatic heterocycles. The van der Waals surface area contributed by atoms with Crippen LogP contribution in [0.15, 0.2) is 42.5 Å². The number of anilines is 1. The minimum absolute atomic E-state index is 0.124. The van der Waals surface area contributed by atoms with E-state index in [1.54, 1.807) is 42.5 Å². The van der Waals surface area contributed by atoms with E-state index in [1.807, 2.05) is 0 Å². The molecule has 0 aliphatic heterocycles. The van der Waals surface area contributed by atoms with Crippen molar-refractivity contribution in [1.82, 2.24) is 5.32 Å². The lowest BCUT2D eigenvalue weighted by molar-refractivity contribution is -0.139. The zero-order valence-electron chi connectivity index (χ0n) is 12.8. The second kappa shape index (κ2) is 7.81. The molecule has 1 atom stereocenters. The highest BCUT2D eigenvalue weighted by Gasteiger charge is 2.23. The number of nitrogen functional groups attached to an aromatic ring is 1. The summed E-state index contributed by atoms with van der Waals surface area (Å²) in [6, 6.07) is 10.6. The van der Waals surface area contributed by atoms with E-state index < -0.39 is 17.9 Å². The number of carbonyl (C=O) groups excluding carboxylic acids is 1. The molecular formula is C17H18ClN3O3. The first-order valence-electron chi connectivity index (χ1n) is 7.28. The molecule has 2 rings (SSSR count). The van der Waals surface area contributed by atoms with Crippen LogP contribution in [0.2, 0.25) is 5.02 Å². The summed E-state index contributed by atoms with van der Waals surface area (Å²) in [5, 5.41) is 12.1. The lowest BCUT2D eigenvalue weighted by Gasteiger charge is -2.17. The molecule has 0 spiro atoms. The normalized spacial score (nSPS) is 11.8. The van der Waals surface area contributed by atoms with E-state index in [1.165, 1.54) is 0 Å². The number of nitrogens with two attached hydrogens (primary N) is 2. The Balaban J connectivity index is 2.20. The van der Waals surface area contributed by atoms with Crippen molar-refractivity contribution < 1.29 is 14.7 Å². The molecule has 0 heterocycles. The Kier molecular flexibility index (Phi) is 5.78. The van der Waals surface area contributed by atoms with E-state index in [0.29, 0.717) is 11.3 Å². The standard InChI is InChI=1S/C17H18ClN3O3/c18-13-3-1-2-11(9-19)15(13)16(22)21-14(17(23)24)8-10-4-6-12(20)7-5-10/h1-7,14H,8-9,19-20H2,(H,21,22)(H,23,24)/t14-/m0/s1. The summed E-state index contributed by atoms with van der Waals surface area (Å²) in [5.74, 6) is -1.70. The Hall–Kier alpha value is -2.57. The quantitative estimate of drug-likeness (QED) is 0.594. The maximum absolute atomic E-state index is 12.5. The summed E-state index contributed by atoms with van der Waals surface area (Å²) in [6.07, 6.45) is 0.129. The van der Waals surface area contributed by atoms with Crippen molar-refractivity contribution >= 4 is 29.2 Å². The first kappa shape index (κ1) is 17.8. The fourth-order valence-corrected chi connectivity index (χ4v) is 2.59. The highest BCUT2D eigenvalue weighted by molar-refractivity contribution is 6.34. The summed E-state index contributed by atoms with van der Waals surface area (Å²) in [5.41, 5.74) is 13.3. The average Bonchev–Trinajstić information content (AvgIpc) is 2.55. The molecule has 0 fully saturated rings. The summed E-state index contributed by atoms with van der Waals surface area (Å²) < 4.78 is 0. The Bertz CT molecular complexity index is 747. The number of rotatable bonds is 6. The zero-order valence-corrected chi connectivity index (χ0v) is 13.6. The van der Waals surface area contributed by atoms with Crippen molar-refractivity contribution in [2.75, 3.05) is 5.73 Å². The minimum Gasteiger partial charge on any atom is -0.480 e. The third-order valence-corrected chi connectivity index (χ3v) is 3.88. The maximum atomic E-state index is 12.5. The number of benzene rings is 2. The van der Waals surface area contributed by atoms with Crippen LogP contribution in [0.3, 0.4) is 0 Å². The van der Waals surface area contributed by atoms with Gasteiger partial charge in [0.25, 0.3) is 5.91 Å². The third kappa shape index (κ3) is 4.24. The number of carboxylic acid groups (broad SMARTS) is 1. The first-order chi connectivity index (χ1) is 11.4.